The van der Waals surface area contributed by atoms with Crippen LogP contribution in [-0.2, 0) is 13.0 Å². The van der Waals surface area contributed by atoms with Gasteiger partial charge in [-0.05, 0) is 35.2 Å². The normalized spacial score (nSPS) is 10.5. The van der Waals surface area contributed by atoms with Gasteiger partial charge in [-0.25, -0.2) is 0 Å². The van der Waals surface area contributed by atoms with E-state index in [9.17, 15) is 4.79 Å². The molecule has 0 atom stereocenters. The summed E-state index contributed by atoms with van der Waals surface area (Å²) >= 11 is 5.81. The highest BCUT2D eigenvalue weighted by Gasteiger charge is 2.17. The number of benzene rings is 1. The largest absolute Gasteiger partial charge is 0.452 e. The van der Waals surface area contributed by atoms with Gasteiger partial charge in [0.25, 0.3) is 5.91 Å². The summed E-state index contributed by atoms with van der Waals surface area (Å²) in [6.07, 6.45) is 2.43. The summed E-state index contributed by atoms with van der Waals surface area (Å²) in [5, 5.41) is 0.137. The Morgan fingerprint density at radius 2 is 1.84 bits per heavy atom. The molecule has 0 saturated heterocycles. The third-order valence-electron chi connectivity index (χ3n) is 3.05. The van der Waals surface area contributed by atoms with Crippen molar-refractivity contribution in [1.29, 1.82) is 0 Å². The minimum Gasteiger partial charge on any atom is -0.452 e. The van der Waals surface area contributed by atoms with E-state index in [-0.39, 0.29) is 11.1 Å². The molecule has 2 rings (SSSR count). The lowest BCUT2D eigenvalue weighted by Gasteiger charge is -2.16. The monoisotopic (exact) mass is 277 g/mol. The Labute approximate surface area is 117 Å². The van der Waals surface area contributed by atoms with Crippen LogP contribution in [0.2, 0.25) is 5.22 Å². The number of amides is 1. The van der Waals surface area contributed by atoms with Crippen molar-refractivity contribution in [3.8, 4) is 0 Å². The number of nitrogens with zero attached hydrogens (tertiary/aromatic N) is 1. The van der Waals surface area contributed by atoms with E-state index >= 15 is 0 Å². The third kappa shape index (κ3) is 3.18. The smallest absolute Gasteiger partial charge is 0.258 e. The minimum atomic E-state index is -0.140. The van der Waals surface area contributed by atoms with Gasteiger partial charge in [0.15, 0.2) is 0 Å². The molecule has 3 nitrogen and oxygen atoms in total. The van der Waals surface area contributed by atoms with E-state index in [1.54, 1.807) is 18.0 Å². The zero-order valence-corrected chi connectivity index (χ0v) is 11.8. The van der Waals surface area contributed by atoms with Gasteiger partial charge in [0, 0.05) is 13.6 Å². The molecule has 100 valence electrons. The number of rotatable bonds is 4. The fourth-order valence-electron chi connectivity index (χ4n) is 1.88. The number of carbonyl (C=O) groups excluding carboxylic acids is 1. The molecule has 0 radical (unpaired) electrons. The summed E-state index contributed by atoms with van der Waals surface area (Å²) in [7, 11) is 1.75. The molecule has 0 bridgehead atoms. The Hall–Kier alpha value is -1.74. The second kappa shape index (κ2) is 5.93. The lowest BCUT2D eigenvalue weighted by Crippen LogP contribution is -2.26. The fraction of sp³-hybridized carbons (Fsp3) is 0.267. The van der Waals surface area contributed by atoms with E-state index in [0.717, 1.165) is 12.0 Å². The van der Waals surface area contributed by atoms with Crippen LogP contribution in [-0.4, -0.2) is 17.9 Å². The number of hydrogen-bond acceptors (Lipinski definition) is 2. The molecule has 1 aromatic carbocycles. The van der Waals surface area contributed by atoms with Crippen LogP contribution in [0.1, 0.15) is 28.4 Å². The molecule has 4 heteroatoms. The van der Waals surface area contributed by atoms with E-state index in [2.05, 4.69) is 19.1 Å². The highest BCUT2D eigenvalue weighted by Crippen LogP contribution is 2.19. The minimum absolute atomic E-state index is 0.137. The quantitative estimate of drug-likeness (QED) is 0.852. The van der Waals surface area contributed by atoms with Crippen molar-refractivity contribution in [2.24, 2.45) is 0 Å². The van der Waals surface area contributed by atoms with E-state index in [4.69, 9.17) is 16.0 Å². The SMILES string of the molecule is CCc1ccc(CN(C)C(=O)c2ccoc2Cl)cc1. The van der Waals surface area contributed by atoms with Gasteiger partial charge < -0.3 is 9.32 Å². The number of halogens is 1. The van der Waals surface area contributed by atoms with Crippen molar-refractivity contribution in [1.82, 2.24) is 4.90 Å². The van der Waals surface area contributed by atoms with Crippen LogP contribution in [0.3, 0.4) is 0 Å². The summed E-state index contributed by atoms with van der Waals surface area (Å²) in [5.74, 6) is -0.140. The van der Waals surface area contributed by atoms with E-state index in [0.29, 0.717) is 12.1 Å². The molecule has 1 heterocycles. The van der Waals surface area contributed by atoms with Crippen LogP contribution in [0.25, 0.3) is 0 Å². The maximum Gasteiger partial charge on any atom is 0.258 e. The standard InChI is InChI=1S/C15H16ClNO2/c1-3-11-4-6-12(7-5-11)10-17(2)15(18)13-8-9-19-14(13)16/h4-9H,3,10H2,1-2H3. The van der Waals surface area contributed by atoms with Crippen LogP contribution in [0.15, 0.2) is 41.0 Å². The molecule has 0 N–H and O–H groups in total. The Balaban J connectivity index is 2.06. The zero-order chi connectivity index (χ0) is 13.8. The molecule has 19 heavy (non-hydrogen) atoms. The van der Waals surface area contributed by atoms with Gasteiger partial charge in [-0.15, -0.1) is 0 Å². The van der Waals surface area contributed by atoms with Crippen molar-refractivity contribution in [3.63, 3.8) is 0 Å². The van der Waals surface area contributed by atoms with Gasteiger partial charge in [-0.2, -0.15) is 0 Å². The highest BCUT2D eigenvalue weighted by molar-refractivity contribution is 6.32. The molecule has 0 aliphatic rings. The topological polar surface area (TPSA) is 33.5 Å². The Morgan fingerprint density at radius 3 is 2.37 bits per heavy atom. The van der Waals surface area contributed by atoms with Crippen molar-refractivity contribution in [2.45, 2.75) is 19.9 Å². The number of carbonyl (C=O) groups is 1. The summed E-state index contributed by atoms with van der Waals surface area (Å²) in [6, 6.07) is 9.83. The van der Waals surface area contributed by atoms with Crippen LogP contribution in [0.4, 0.5) is 0 Å². The van der Waals surface area contributed by atoms with Crippen molar-refractivity contribution < 1.29 is 9.21 Å². The molecule has 0 spiro atoms. The van der Waals surface area contributed by atoms with Gasteiger partial charge in [0.1, 0.15) is 0 Å². The van der Waals surface area contributed by atoms with Crippen molar-refractivity contribution in [2.75, 3.05) is 7.05 Å². The van der Waals surface area contributed by atoms with E-state index < -0.39 is 0 Å². The molecule has 0 saturated carbocycles. The van der Waals surface area contributed by atoms with Crippen LogP contribution >= 0.6 is 11.6 Å². The molecule has 2 aromatic rings. The lowest BCUT2D eigenvalue weighted by atomic mass is 10.1. The van der Waals surface area contributed by atoms with Gasteiger partial charge in [0.2, 0.25) is 5.22 Å². The molecular formula is C15H16ClNO2. The average Bonchev–Trinajstić information content (AvgIpc) is 2.85. The first-order valence-corrected chi connectivity index (χ1v) is 6.56. The number of aryl methyl sites for hydroxylation is 1. The van der Waals surface area contributed by atoms with E-state index in [1.165, 1.54) is 11.8 Å². The predicted molar refractivity (Wildman–Crippen MR) is 75.3 cm³/mol. The highest BCUT2D eigenvalue weighted by atomic mass is 35.5. The van der Waals surface area contributed by atoms with E-state index in [1.807, 2.05) is 12.1 Å². The zero-order valence-electron chi connectivity index (χ0n) is 11.0. The van der Waals surface area contributed by atoms with Crippen LogP contribution in [0.5, 0.6) is 0 Å². The van der Waals surface area contributed by atoms with Gasteiger partial charge in [0.05, 0.1) is 11.8 Å². The summed E-state index contributed by atoms with van der Waals surface area (Å²) in [4.78, 5) is 13.8. The first-order valence-electron chi connectivity index (χ1n) is 6.18. The van der Waals surface area contributed by atoms with Crippen molar-refractivity contribution in [3.05, 3.63) is 58.5 Å². The molecule has 0 aliphatic carbocycles. The van der Waals surface area contributed by atoms with Gasteiger partial charge in [-0.1, -0.05) is 31.2 Å². The molecule has 1 aromatic heterocycles. The van der Waals surface area contributed by atoms with Gasteiger partial charge >= 0.3 is 0 Å². The van der Waals surface area contributed by atoms with Crippen LogP contribution < -0.4 is 0 Å². The Bertz CT molecular complexity index is 560. The molecule has 1 amide bonds. The average molecular weight is 278 g/mol. The van der Waals surface area contributed by atoms with Crippen LogP contribution in [0, 0.1) is 0 Å². The fourth-order valence-corrected chi connectivity index (χ4v) is 2.07. The van der Waals surface area contributed by atoms with Crippen molar-refractivity contribution >= 4 is 17.5 Å². The summed E-state index contributed by atoms with van der Waals surface area (Å²) in [5.41, 5.74) is 2.78. The first-order chi connectivity index (χ1) is 9.11. The maximum atomic E-state index is 12.1. The Kier molecular flexibility index (Phi) is 4.27. The Morgan fingerprint density at radius 1 is 1.21 bits per heavy atom. The molecule has 0 fully saturated rings. The maximum absolute atomic E-state index is 12.1. The second-order valence-electron chi connectivity index (χ2n) is 4.44. The third-order valence-corrected chi connectivity index (χ3v) is 3.34. The summed E-state index contributed by atoms with van der Waals surface area (Å²) in [6.45, 7) is 2.66. The molecule has 0 unspecified atom stereocenters. The number of hydrogen-bond donors (Lipinski definition) is 0. The molecular weight excluding hydrogens is 262 g/mol. The predicted octanol–water partition coefficient (Wildman–Crippen LogP) is 3.77. The number of furan rings is 1. The van der Waals surface area contributed by atoms with Gasteiger partial charge in [-0.3, -0.25) is 4.79 Å². The lowest BCUT2D eigenvalue weighted by molar-refractivity contribution is 0.0784. The summed E-state index contributed by atoms with van der Waals surface area (Å²) < 4.78 is 4.93. The second-order valence-corrected chi connectivity index (χ2v) is 4.78. The molecule has 0 aliphatic heterocycles. The first kappa shape index (κ1) is 13.7.